The van der Waals surface area contributed by atoms with E-state index in [1.165, 1.54) is 17.5 Å². The van der Waals surface area contributed by atoms with Crippen molar-refractivity contribution in [2.45, 2.75) is 50.2 Å². The molecule has 1 saturated heterocycles. The average molecular weight is 421 g/mol. The van der Waals surface area contributed by atoms with Crippen molar-refractivity contribution in [3.05, 3.63) is 65.2 Å². The maximum atomic E-state index is 13.2. The van der Waals surface area contributed by atoms with Crippen molar-refractivity contribution < 1.29 is 9.59 Å². The Kier molecular flexibility index (Phi) is 6.39. The molecule has 31 heavy (non-hydrogen) atoms. The topological polar surface area (TPSA) is 78.7 Å². The van der Waals surface area contributed by atoms with Crippen molar-refractivity contribution in [3.63, 3.8) is 0 Å². The molecule has 6 heteroatoms. The molecule has 6 nitrogen and oxygen atoms in total. The van der Waals surface area contributed by atoms with Gasteiger partial charge in [0.15, 0.2) is 0 Å². The number of primary amides is 1. The highest BCUT2D eigenvalue weighted by atomic mass is 16.2. The van der Waals surface area contributed by atoms with Crippen LogP contribution in [0.2, 0.25) is 0 Å². The number of likely N-dealkylation sites (tertiary alicyclic amines) is 1. The third kappa shape index (κ3) is 4.50. The fourth-order valence-electron chi connectivity index (χ4n) is 5.21. The van der Waals surface area contributed by atoms with E-state index >= 15 is 0 Å². The molecule has 2 aliphatic rings. The summed E-state index contributed by atoms with van der Waals surface area (Å²) in [6.07, 6.45) is 5.01. The van der Waals surface area contributed by atoms with Crippen molar-refractivity contribution >= 4 is 17.5 Å². The van der Waals surface area contributed by atoms with E-state index in [-0.39, 0.29) is 30.4 Å². The van der Waals surface area contributed by atoms with Gasteiger partial charge in [-0.05, 0) is 69.0 Å². The molecule has 0 aromatic heterocycles. The minimum absolute atomic E-state index is 0.0795. The zero-order valence-electron chi connectivity index (χ0n) is 18.4. The largest absolute Gasteiger partial charge is 0.368 e. The van der Waals surface area contributed by atoms with Crippen LogP contribution in [0.1, 0.15) is 42.0 Å². The molecule has 0 saturated carbocycles. The standard InChI is InChI=1S/C25H32N4O2/c1-28(2)21-15-22(25(26)31)29(24(21)18-10-4-3-5-11-18)16-23(30)27-20-14-8-12-17-9-6-7-13-19(17)20/h3-5,8,10-12,14,21-22,24H,6-7,9,13,15-16H2,1-2H3,(H2,26,31)(H,27,30)/t21-,22+,24+/m1/s1. The minimum atomic E-state index is -0.479. The van der Waals surface area contributed by atoms with Crippen LogP contribution in [-0.2, 0) is 22.4 Å². The average Bonchev–Trinajstić information content (AvgIpc) is 3.14. The Balaban J connectivity index is 1.59. The highest BCUT2D eigenvalue weighted by Gasteiger charge is 2.46. The summed E-state index contributed by atoms with van der Waals surface area (Å²) in [5.74, 6) is -0.485. The molecule has 3 atom stereocenters. The van der Waals surface area contributed by atoms with E-state index in [1.807, 2.05) is 49.3 Å². The summed E-state index contributed by atoms with van der Waals surface area (Å²) in [5.41, 5.74) is 10.4. The molecular weight excluding hydrogens is 388 g/mol. The predicted molar refractivity (Wildman–Crippen MR) is 123 cm³/mol. The SMILES string of the molecule is CN(C)[C@@H]1C[C@@H](C(N)=O)N(CC(=O)Nc2cccc3c2CCCC3)[C@H]1c1ccccc1. The summed E-state index contributed by atoms with van der Waals surface area (Å²) in [6, 6.07) is 15.8. The quantitative estimate of drug-likeness (QED) is 0.753. The van der Waals surface area contributed by atoms with Gasteiger partial charge in [0.25, 0.3) is 0 Å². The maximum absolute atomic E-state index is 13.2. The van der Waals surface area contributed by atoms with Crippen LogP contribution in [0, 0.1) is 0 Å². The Morgan fingerprint density at radius 1 is 1.06 bits per heavy atom. The molecule has 2 aromatic carbocycles. The van der Waals surface area contributed by atoms with E-state index in [2.05, 4.69) is 28.4 Å². The van der Waals surface area contributed by atoms with Gasteiger partial charge in [-0.15, -0.1) is 0 Å². The number of aryl methyl sites for hydroxylation is 1. The number of anilines is 1. The molecular formula is C25H32N4O2. The van der Waals surface area contributed by atoms with Crippen LogP contribution >= 0.6 is 0 Å². The van der Waals surface area contributed by atoms with Crippen LogP contribution in [0.5, 0.6) is 0 Å². The van der Waals surface area contributed by atoms with Crippen LogP contribution in [-0.4, -0.2) is 54.3 Å². The van der Waals surface area contributed by atoms with E-state index in [1.54, 1.807) is 0 Å². The summed E-state index contributed by atoms with van der Waals surface area (Å²) >= 11 is 0. The summed E-state index contributed by atoms with van der Waals surface area (Å²) in [4.78, 5) is 29.6. The van der Waals surface area contributed by atoms with Gasteiger partial charge in [-0.3, -0.25) is 14.5 Å². The Morgan fingerprint density at radius 2 is 1.81 bits per heavy atom. The Morgan fingerprint density at radius 3 is 2.52 bits per heavy atom. The van der Waals surface area contributed by atoms with Gasteiger partial charge in [0.2, 0.25) is 11.8 Å². The third-order valence-corrected chi connectivity index (χ3v) is 6.72. The van der Waals surface area contributed by atoms with E-state index in [0.29, 0.717) is 6.42 Å². The molecule has 1 fully saturated rings. The van der Waals surface area contributed by atoms with Gasteiger partial charge in [-0.25, -0.2) is 0 Å². The fraction of sp³-hybridized carbons (Fsp3) is 0.440. The highest BCUT2D eigenvalue weighted by Crippen LogP contribution is 2.38. The molecule has 164 valence electrons. The molecule has 1 heterocycles. The second-order valence-corrected chi connectivity index (χ2v) is 8.91. The first-order valence-corrected chi connectivity index (χ1v) is 11.1. The smallest absolute Gasteiger partial charge is 0.238 e. The lowest BCUT2D eigenvalue weighted by atomic mass is 9.90. The first kappa shape index (κ1) is 21.5. The molecule has 2 amide bonds. The van der Waals surface area contributed by atoms with Gasteiger partial charge in [0.1, 0.15) is 0 Å². The number of nitrogens with zero attached hydrogens (tertiary/aromatic N) is 2. The number of amides is 2. The first-order chi connectivity index (χ1) is 15.0. The zero-order chi connectivity index (χ0) is 22.0. The number of nitrogens with two attached hydrogens (primary N) is 1. The van der Waals surface area contributed by atoms with Gasteiger partial charge in [-0.2, -0.15) is 0 Å². The number of likely N-dealkylation sites (N-methyl/N-ethyl adjacent to an activating group) is 1. The molecule has 1 aliphatic carbocycles. The van der Waals surface area contributed by atoms with Gasteiger partial charge < -0.3 is 16.0 Å². The van der Waals surface area contributed by atoms with Crippen LogP contribution < -0.4 is 11.1 Å². The molecule has 0 spiro atoms. The number of hydrogen-bond acceptors (Lipinski definition) is 4. The van der Waals surface area contributed by atoms with E-state index in [4.69, 9.17) is 5.73 Å². The summed E-state index contributed by atoms with van der Waals surface area (Å²) in [5, 5.41) is 3.13. The van der Waals surface area contributed by atoms with Crippen LogP contribution in [0.4, 0.5) is 5.69 Å². The minimum Gasteiger partial charge on any atom is -0.368 e. The molecule has 3 N–H and O–H groups in total. The lowest BCUT2D eigenvalue weighted by Crippen LogP contribution is -2.45. The fourth-order valence-corrected chi connectivity index (χ4v) is 5.21. The molecule has 0 bridgehead atoms. The van der Waals surface area contributed by atoms with Gasteiger partial charge in [-0.1, -0.05) is 42.5 Å². The van der Waals surface area contributed by atoms with Crippen LogP contribution in [0.3, 0.4) is 0 Å². The zero-order valence-corrected chi connectivity index (χ0v) is 18.4. The van der Waals surface area contributed by atoms with E-state index in [9.17, 15) is 9.59 Å². The summed E-state index contributed by atoms with van der Waals surface area (Å²) < 4.78 is 0. The second-order valence-electron chi connectivity index (χ2n) is 8.91. The lowest BCUT2D eigenvalue weighted by Gasteiger charge is -2.32. The number of carbonyl (C=O) groups excluding carboxylic acids is 2. The molecule has 0 radical (unpaired) electrons. The Hall–Kier alpha value is -2.70. The van der Waals surface area contributed by atoms with Crippen molar-refractivity contribution in [1.82, 2.24) is 9.80 Å². The Bertz CT molecular complexity index is 944. The van der Waals surface area contributed by atoms with E-state index < -0.39 is 6.04 Å². The Labute approximate surface area is 184 Å². The third-order valence-electron chi connectivity index (χ3n) is 6.72. The van der Waals surface area contributed by atoms with Crippen molar-refractivity contribution in [3.8, 4) is 0 Å². The number of hydrogen-bond donors (Lipinski definition) is 2. The highest BCUT2D eigenvalue weighted by molar-refractivity contribution is 5.94. The molecule has 1 aliphatic heterocycles. The normalized spacial score (nSPS) is 23.5. The van der Waals surface area contributed by atoms with Gasteiger partial charge >= 0.3 is 0 Å². The van der Waals surface area contributed by atoms with Crippen molar-refractivity contribution in [2.75, 3.05) is 26.0 Å². The number of rotatable bonds is 6. The van der Waals surface area contributed by atoms with E-state index in [0.717, 1.165) is 30.5 Å². The summed E-state index contributed by atoms with van der Waals surface area (Å²) in [7, 11) is 4.02. The van der Waals surface area contributed by atoms with Gasteiger partial charge in [0, 0.05) is 11.7 Å². The summed E-state index contributed by atoms with van der Waals surface area (Å²) in [6.45, 7) is 0.126. The first-order valence-electron chi connectivity index (χ1n) is 11.1. The number of nitrogens with one attached hydrogen (secondary N) is 1. The van der Waals surface area contributed by atoms with Crippen LogP contribution in [0.25, 0.3) is 0 Å². The maximum Gasteiger partial charge on any atom is 0.238 e. The number of fused-ring (bicyclic) bond motifs is 1. The van der Waals surface area contributed by atoms with Crippen molar-refractivity contribution in [2.24, 2.45) is 5.73 Å². The second kappa shape index (κ2) is 9.20. The lowest BCUT2D eigenvalue weighted by molar-refractivity contribution is -0.124. The van der Waals surface area contributed by atoms with Crippen LogP contribution in [0.15, 0.2) is 48.5 Å². The number of benzene rings is 2. The molecule has 2 aromatic rings. The molecule has 4 rings (SSSR count). The monoisotopic (exact) mass is 420 g/mol. The van der Waals surface area contributed by atoms with Crippen molar-refractivity contribution in [1.29, 1.82) is 0 Å². The number of carbonyl (C=O) groups is 2. The predicted octanol–water partition coefficient (Wildman–Crippen LogP) is 2.74. The molecule has 0 unspecified atom stereocenters. The van der Waals surface area contributed by atoms with Gasteiger partial charge in [0.05, 0.1) is 18.6 Å².